The third-order valence-electron chi connectivity index (χ3n) is 3.39. The van der Waals surface area contributed by atoms with Crippen LogP contribution in [0.4, 0.5) is 5.00 Å². The number of hydrogen-bond donors (Lipinski definition) is 2. The molecule has 21 heavy (non-hydrogen) atoms. The Morgan fingerprint density at radius 1 is 1.43 bits per heavy atom. The van der Waals surface area contributed by atoms with Gasteiger partial charge in [0.1, 0.15) is 11.1 Å². The number of fused-ring (bicyclic) bond motifs is 1. The van der Waals surface area contributed by atoms with E-state index in [0.717, 1.165) is 34.4 Å². The highest BCUT2D eigenvalue weighted by Gasteiger charge is 2.22. The van der Waals surface area contributed by atoms with E-state index in [9.17, 15) is 10.1 Å². The second kappa shape index (κ2) is 5.98. The van der Waals surface area contributed by atoms with Crippen LogP contribution in [0.1, 0.15) is 26.4 Å². The average molecular weight is 362 g/mol. The standard InChI is InChI=1S/C15H12BrN3OS/c16-12-4-2-1-3-10(12)14(20)19-15-11(7-17)9-5-6-18-8-13(9)21-15/h1-4,18H,5-6,8H2,(H,19,20). The predicted octanol–water partition coefficient (Wildman–Crippen LogP) is 3.28. The Kier molecular flexibility index (Phi) is 4.06. The van der Waals surface area contributed by atoms with E-state index in [1.54, 1.807) is 6.07 Å². The van der Waals surface area contributed by atoms with E-state index in [4.69, 9.17) is 0 Å². The Morgan fingerprint density at radius 3 is 3.00 bits per heavy atom. The summed E-state index contributed by atoms with van der Waals surface area (Å²) in [6, 6.07) is 9.48. The van der Waals surface area contributed by atoms with Gasteiger partial charge in [0.15, 0.2) is 0 Å². The number of amides is 1. The zero-order valence-corrected chi connectivity index (χ0v) is 13.5. The van der Waals surface area contributed by atoms with Gasteiger partial charge in [-0.2, -0.15) is 5.26 Å². The molecule has 0 radical (unpaired) electrons. The number of carbonyl (C=O) groups excluding carboxylic acids is 1. The first-order valence-corrected chi connectivity index (χ1v) is 8.13. The number of nitriles is 1. The van der Waals surface area contributed by atoms with Gasteiger partial charge < -0.3 is 10.6 Å². The van der Waals surface area contributed by atoms with Crippen molar-refractivity contribution in [3.63, 3.8) is 0 Å². The number of carbonyl (C=O) groups is 1. The SMILES string of the molecule is N#Cc1c(NC(=O)c2ccccc2Br)sc2c1CCNC2. The van der Waals surface area contributed by atoms with Crippen molar-refractivity contribution in [3.8, 4) is 6.07 Å². The Balaban J connectivity index is 1.92. The van der Waals surface area contributed by atoms with Gasteiger partial charge in [0, 0.05) is 15.9 Å². The molecule has 0 aliphatic carbocycles. The van der Waals surface area contributed by atoms with Gasteiger partial charge in [0.2, 0.25) is 0 Å². The van der Waals surface area contributed by atoms with Crippen molar-refractivity contribution in [1.29, 1.82) is 5.26 Å². The van der Waals surface area contributed by atoms with Gasteiger partial charge in [-0.15, -0.1) is 11.3 Å². The number of thiophene rings is 1. The van der Waals surface area contributed by atoms with Crippen molar-refractivity contribution >= 4 is 38.2 Å². The first-order chi connectivity index (χ1) is 10.2. The van der Waals surface area contributed by atoms with Gasteiger partial charge in [-0.05, 0) is 46.6 Å². The molecular weight excluding hydrogens is 350 g/mol. The fourth-order valence-corrected chi connectivity index (χ4v) is 3.98. The maximum Gasteiger partial charge on any atom is 0.257 e. The summed E-state index contributed by atoms with van der Waals surface area (Å²) in [7, 11) is 0. The summed E-state index contributed by atoms with van der Waals surface area (Å²) in [5, 5.41) is 16.2. The number of benzene rings is 1. The van der Waals surface area contributed by atoms with E-state index in [0.29, 0.717) is 16.1 Å². The number of nitrogens with one attached hydrogen (secondary N) is 2. The maximum atomic E-state index is 12.4. The van der Waals surface area contributed by atoms with E-state index >= 15 is 0 Å². The van der Waals surface area contributed by atoms with E-state index in [2.05, 4.69) is 32.6 Å². The van der Waals surface area contributed by atoms with Crippen LogP contribution in [0.15, 0.2) is 28.7 Å². The van der Waals surface area contributed by atoms with Crippen molar-refractivity contribution in [2.24, 2.45) is 0 Å². The number of anilines is 1. The lowest BCUT2D eigenvalue weighted by molar-refractivity contribution is 0.102. The molecule has 1 aromatic carbocycles. The highest BCUT2D eigenvalue weighted by molar-refractivity contribution is 9.10. The van der Waals surface area contributed by atoms with Gasteiger partial charge >= 0.3 is 0 Å². The minimum atomic E-state index is -0.203. The molecule has 0 saturated carbocycles. The Bertz CT molecular complexity index is 748. The molecule has 0 saturated heterocycles. The maximum absolute atomic E-state index is 12.4. The smallest absolute Gasteiger partial charge is 0.257 e. The van der Waals surface area contributed by atoms with Gasteiger partial charge in [0.25, 0.3) is 5.91 Å². The summed E-state index contributed by atoms with van der Waals surface area (Å²) in [5.41, 5.74) is 2.24. The monoisotopic (exact) mass is 361 g/mol. The fourth-order valence-electron chi connectivity index (χ4n) is 2.36. The summed E-state index contributed by atoms with van der Waals surface area (Å²) in [4.78, 5) is 13.5. The molecule has 106 valence electrons. The zero-order valence-electron chi connectivity index (χ0n) is 11.1. The number of nitrogens with zero attached hydrogens (tertiary/aromatic N) is 1. The van der Waals surface area contributed by atoms with Crippen molar-refractivity contribution in [1.82, 2.24) is 5.32 Å². The molecule has 6 heteroatoms. The molecule has 0 fully saturated rings. The van der Waals surface area contributed by atoms with Crippen molar-refractivity contribution in [3.05, 3.63) is 50.3 Å². The van der Waals surface area contributed by atoms with Crippen LogP contribution in [0, 0.1) is 11.3 Å². The minimum absolute atomic E-state index is 0.203. The van der Waals surface area contributed by atoms with Crippen LogP contribution in [0.2, 0.25) is 0 Å². The summed E-state index contributed by atoms with van der Waals surface area (Å²) in [5.74, 6) is -0.203. The molecule has 2 N–H and O–H groups in total. The lowest BCUT2D eigenvalue weighted by atomic mass is 10.0. The summed E-state index contributed by atoms with van der Waals surface area (Å²) < 4.78 is 0.740. The van der Waals surface area contributed by atoms with Gasteiger partial charge in [-0.3, -0.25) is 4.79 Å². The topological polar surface area (TPSA) is 64.9 Å². The zero-order chi connectivity index (χ0) is 14.8. The normalized spacial score (nSPS) is 13.3. The van der Waals surface area contributed by atoms with Crippen LogP contribution in [-0.2, 0) is 13.0 Å². The number of halogens is 1. The quantitative estimate of drug-likeness (QED) is 0.862. The summed E-state index contributed by atoms with van der Waals surface area (Å²) in [6.45, 7) is 1.63. The fraction of sp³-hybridized carbons (Fsp3) is 0.200. The van der Waals surface area contributed by atoms with Gasteiger partial charge in [-0.25, -0.2) is 0 Å². The number of rotatable bonds is 2. The van der Waals surface area contributed by atoms with Crippen LogP contribution in [0.5, 0.6) is 0 Å². The Hall–Kier alpha value is -1.68. The molecule has 2 aromatic rings. The van der Waals surface area contributed by atoms with Crippen molar-refractivity contribution < 1.29 is 4.79 Å². The highest BCUT2D eigenvalue weighted by Crippen LogP contribution is 2.35. The second-order valence-corrected chi connectivity index (χ2v) is 6.64. The Morgan fingerprint density at radius 2 is 2.24 bits per heavy atom. The molecule has 1 amide bonds. The van der Waals surface area contributed by atoms with Crippen molar-refractivity contribution in [2.45, 2.75) is 13.0 Å². The van der Waals surface area contributed by atoms with E-state index in [1.165, 1.54) is 11.3 Å². The molecule has 4 nitrogen and oxygen atoms in total. The molecule has 1 aromatic heterocycles. The summed E-state index contributed by atoms with van der Waals surface area (Å²) >= 11 is 4.85. The van der Waals surface area contributed by atoms with Crippen molar-refractivity contribution in [2.75, 3.05) is 11.9 Å². The molecule has 1 aliphatic heterocycles. The van der Waals surface area contributed by atoms with Crippen LogP contribution in [-0.4, -0.2) is 12.5 Å². The molecule has 0 spiro atoms. The van der Waals surface area contributed by atoms with Gasteiger partial charge in [-0.1, -0.05) is 12.1 Å². The summed E-state index contributed by atoms with van der Waals surface area (Å²) in [6.07, 6.45) is 0.833. The molecular formula is C15H12BrN3OS. The first kappa shape index (κ1) is 14.3. The molecule has 2 heterocycles. The second-order valence-electron chi connectivity index (χ2n) is 4.68. The molecule has 3 rings (SSSR count). The average Bonchev–Trinajstić information content (AvgIpc) is 2.84. The predicted molar refractivity (Wildman–Crippen MR) is 86.5 cm³/mol. The molecule has 0 bridgehead atoms. The molecule has 0 atom stereocenters. The van der Waals surface area contributed by atoms with Crippen LogP contribution >= 0.6 is 27.3 Å². The van der Waals surface area contributed by atoms with E-state index in [1.807, 2.05) is 18.2 Å². The van der Waals surface area contributed by atoms with Crippen LogP contribution in [0.25, 0.3) is 0 Å². The van der Waals surface area contributed by atoms with Gasteiger partial charge in [0.05, 0.1) is 11.1 Å². The van der Waals surface area contributed by atoms with Crippen LogP contribution < -0.4 is 10.6 Å². The third kappa shape index (κ3) is 2.72. The first-order valence-electron chi connectivity index (χ1n) is 6.52. The lowest BCUT2D eigenvalue weighted by Crippen LogP contribution is -2.22. The Labute approximate surface area is 134 Å². The van der Waals surface area contributed by atoms with E-state index < -0.39 is 0 Å². The van der Waals surface area contributed by atoms with E-state index in [-0.39, 0.29) is 5.91 Å². The molecule has 1 aliphatic rings. The largest absolute Gasteiger partial charge is 0.312 e. The third-order valence-corrected chi connectivity index (χ3v) is 5.22. The lowest BCUT2D eigenvalue weighted by Gasteiger charge is -2.11. The number of hydrogen-bond acceptors (Lipinski definition) is 4. The highest BCUT2D eigenvalue weighted by atomic mass is 79.9. The van der Waals surface area contributed by atoms with Crippen LogP contribution in [0.3, 0.4) is 0 Å². The minimum Gasteiger partial charge on any atom is -0.312 e. The molecule has 0 unspecified atom stereocenters.